The van der Waals surface area contributed by atoms with Crippen LogP contribution in [0.3, 0.4) is 0 Å². The molecule has 8 nitrogen and oxygen atoms in total. The lowest BCUT2D eigenvalue weighted by atomic mass is 10.2. The maximum Gasteiger partial charge on any atom is 0.175 e. The van der Waals surface area contributed by atoms with Gasteiger partial charge in [0.1, 0.15) is 17.9 Å². The second-order valence-electron chi connectivity index (χ2n) is 6.27. The molecule has 0 aliphatic rings. The second kappa shape index (κ2) is 7.65. The number of anilines is 2. The summed E-state index contributed by atoms with van der Waals surface area (Å²) in [5.74, 6) is 0.725. The van der Waals surface area contributed by atoms with Crippen LogP contribution in [-0.4, -0.2) is 37.0 Å². The van der Waals surface area contributed by atoms with Crippen molar-refractivity contribution in [2.75, 3.05) is 17.7 Å². The number of nitrogens with one attached hydrogen (secondary N) is 2. The molecule has 0 amide bonds. The number of thiocarbonyl (C=S) groups is 1. The normalized spacial score (nSPS) is 10.8. The Balaban J connectivity index is 1.43. The van der Waals surface area contributed by atoms with Crippen molar-refractivity contribution >= 4 is 39.7 Å². The minimum absolute atomic E-state index is 0.452. The van der Waals surface area contributed by atoms with Crippen LogP contribution in [0.15, 0.2) is 54.9 Å². The van der Waals surface area contributed by atoms with Crippen LogP contribution in [0.1, 0.15) is 5.56 Å². The van der Waals surface area contributed by atoms with E-state index in [0.717, 1.165) is 33.7 Å². The largest absolute Gasteiger partial charge is 0.495 e. The number of benzene rings is 2. The van der Waals surface area contributed by atoms with Gasteiger partial charge in [0, 0.05) is 0 Å². The van der Waals surface area contributed by atoms with Gasteiger partial charge in [0.15, 0.2) is 5.11 Å². The summed E-state index contributed by atoms with van der Waals surface area (Å²) in [6.07, 6.45) is 3.57. The summed E-state index contributed by atoms with van der Waals surface area (Å²) in [7, 11) is 1.63. The molecular weight excluding hydrogens is 374 g/mol. The van der Waals surface area contributed by atoms with Gasteiger partial charge in [-0.2, -0.15) is 5.10 Å². The monoisotopic (exact) mass is 393 g/mol. The molecule has 0 fully saturated rings. The number of hydrogen-bond acceptors (Lipinski definition) is 5. The summed E-state index contributed by atoms with van der Waals surface area (Å²) in [5, 5.41) is 19.4. The SMILES string of the molecule is COc1ccc(C)cc1NC(=S)Nc1cnn(Cn2nnc3ccccc32)c1. The van der Waals surface area contributed by atoms with Crippen molar-refractivity contribution in [3.63, 3.8) is 0 Å². The quantitative estimate of drug-likeness (QED) is 0.504. The van der Waals surface area contributed by atoms with Crippen molar-refractivity contribution in [2.45, 2.75) is 13.6 Å². The molecule has 0 saturated carbocycles. The van der Waals surface area contributed by atoms with E-state index in [1.165, 1.54) is 0 Å². The molecule has 0 atom stereocenters. The van der Waals surface area contributed by atoms with Gasteiger partial charge in [-0.1, -0.05) is 23.4 Å². The molecule has 0 unspecified atom stereocenters. The third-order valence-electron chi connectivity index (χ3n) is 4.19. The minimum Gasteiger partial charge on any atom is -0.495 e. The third kappa shape index (κ3) is 3.79. The highest BCUT2D eigenvalue weighted by molar-refractivity contribution is 7.80. The van der Waals surface area contributed by atoms with Crippen molar-refractivity contribution in [1.29, 1.82) is 0 Å². The molecule has 28 heavy (non-hydrogen) atoms. The summed E-state index contributed by atoms with van der Waals surface area (Å²) in [5.41, 5.74) is 4.50. The number of ether oxygens (including phenoxy) is 1. The number of hydrogen-bond donors (Lipinski definition) is 2. The van der Waals surface area contributed by atoms with Crippen LogP contribution in [0.2, 0.25) is 0 Å². The van der Waals surface area contributed by atoms with E-state index in [0.29, 0.717) is 11.8 Å². The topological polar surface area (TPSA) is 81.8 Å². The Hall–Kier alpha value is -3.46. The molecule has 0 radical (unpaired) electrons. The van der Waals surface area contributed by atoms with E-state index >= 15 is 0 Å². The first-order valence-electron chi connectivity index (χ1n) is 8.66. The third-order valence-corrected chi connectivity index (χ3v) is 4.40. The predicted octanol–water partition coefficient (Wildman–Crippen LogP) is 3.26. The van der Waals surface area contributed by atoms with E-state index in [1.54, 1.807) is 22.7 Å². The van der Waals surface area contributed by atoms with Gasteiger partial charge in [0.05, 0.1) is 36.4 Å². The van der Waals surface area contributed by atoms with Crippen LogP contribution in [0.25, 0.3) is 11.0 Å². The highest BCUT2D eigenvalue weighted by Gasteiger charge is 2.08. The first-order chi connectivity index (χ1) is 13.6. The van der Waals surface area contributed by atoms with Gasteiger partial charge in [0.25, 0.3) is 0 Å². The molecule has 2 aromatic carbocycles. The average Bonchev–Trinajstić information content (AvgIpc) is 3.29. The van der Waals surface area contributed by atoms with Gasteiger partial charge < -0.3 is 15.4 Å². The van der Waals surface area contributed by atoms with Crippen LogP contribution >= 0.6 is 12.2 Å². The van der Waals surface area contributed by atoms with Crippen LogP contribution in [-0.2, 0) is 6.67 Å². The number of aryl methyl sites for hydroxylation is 1. The molecule has 0 aliphatic heterocycles. The molecular formula is C19H19N7OS. The number of nitrogens with zero attached hydrogens (tertiary/aromatic N) is 5. The van der Waals surface area contributed by atoms with Crippen molar-refractivity contribution in [2.24, 2.45) is 0 Å². The maximum atomic E-state index is 5.41. The van der Waals surface area contributed by atoms with Crippen molar-refractivity contribution < 1.29 is 4.74 Å². The zero-order valence-corrected chi connectivity index (χ0v) is 16.3. The molecule has 2 aromatic heterocycles. The van der Waals surface area contributed by atoms with Crippen LogP contribution in [0.5, 0.6) is 5.75 Å². The minimum atomic E-state index is 0.452. The van der Waals surface area contributed by atoms with Gasteiger partial charge in [-0.25, -0.2) is 9.36 Å². The fourth-order valence-corrected chi connectivity index (χ4v) is 3.10. The first kappa shape index (κ1) is 17.9. The summed E-state index contributed by atoms with van der Waals surface area (Å²) in [6, 6.07) is 13.7. The first-order valence-corrected chi connectivity index (χ1v) is 9.06. The fourth-order valence-electron chi connectivity index (χ4n) is 2.87. The molecule has 4 rings (SSSR count). The number of fused-ring (bicyclic) bond motifs is 1. The van der Waals surface area contributed by atoms with E-state index in [9.17, 15) is 0 Å². The van der Waals surface area contributed by atoms with Crippen LogP contribution in [0, 0.1) is 6.92 Å². The highest BCUT2D eigenvalue weighted by atomic mass is 32.1. The zero-order chi connectivity index (χ0) is 19.5. The Bertz CT molecular complexity index is 1130. The average molecular weight is 393 g/mol. The van der Waals surface area contributed by atoms with Crippen molar-refractivity contribution in [1.82, 2.24) is 24.8 Å². The molecule has 0 bridgehead atoms. The molecule has 4 aromatic rings. The number of aromatic nitrogens is 5. The van der Waals surface area contributed by atoms with E-state index in [-0.39, 0.29) is 0 Å². The molecule has 9 heteroatoms. The lowest BCUT2D eigenvalue weighted by Gasteiger charge is -2.13. The summed E-state index contributed by atoms with van der Waals surface area (Å²) in [6.45, 7) is 2.47. The molecule has 0 aliphatic carbocycles. The van der Waals surface area contributed by atoms with E-state index in [1.807, 2.05) is 55.6 Å². The Morgan fingerprint density at radius 2 is 2.04 bits per heavy atom. The zero-order valence-electron chi connectivity index (χ0n) is 15.5. The molecule has 2 N–H and O–H groups in total. The van der Waals surface area contributed by atoms with Gasteiger partial charge >= 0.3 is 0 Å². The standard InChI is InChI=1S/C19H19N7OS/c1-13-7-8-18(27-2)16(9-13)22-19(28)21-14-10-20-25(11-14)12-26-17-6-4-3-5-15(17)23-24-26/h3-11H,12H2,1-2H3,(H2,21,22,28). The molecule has 142 valence electrons. The highest BCUT2D eigenvalue weighted by Crippen LogP contribution is 2.25. The molecule has 2 heterocycles. The van der Waals surface area contributed by atoms with E-state index < -0.39 is 0 Å². The predicted molar refractivity (Wildman–Crippen MR) is 113 cm³/mol. The Labute approximate surface area is 167 Å². The van der Waals surface area contributed by atoms with Crippen LogP contribution in [0.4, 0.5) is 11.4 Å². The summed E-state index contributed by atoms with van der Waals surface area (Å²) >= 11 is 5.41. The maximum absolute atomic E-state index is 5.41. The Morgan fingerprint density at radius 1 is 1.18 bits per heavy atom. The van der Waals surface area contributed by atoms with E-state index in [2.05, 4.69) is 26.0 Å². The lowest BCUT2D eigenvalue weighted by Crippen LogP contribution is -2.19. The summed E-state index contributed by atoms with van der Waals surface area (Å²) in [4.78, 5) is 0. The lowest BCUT2D eigenvalue weighted by molar-refractivity contribution is 0.417. The van der Waals surface area contributed by atoms with Crippen molar-refractivity contribution in [3.8, 4) is 5.75 Å². The number of rotatable bonds is 5. The Kier molecular flexibility index (Phi) is 4.90. The van der Waals surface area contributed by atoms with Crippen LogP contribution < -0.4 is 15.4 Å². The fraction of sp³-hybridized carbons (Fsp3) is 0.158. The smallest absolute Gasteiger partial charge is 0.175 e. The Morgan fingerprint density at radius 3 is 2.89 bits per heavy atom. The molecule has 0 saturated heterocycles. The number of methoxy groups -OCH3 is 1. The van der Waals surface area contributed by atoms with Gasteiger partial charge in [-0.05, 0) is 49.0 Å². The second-order valence-corrected chi connectivity index (χ2v) is 6.68. The van der Waals surface area contributed by atoms with Crippen molar-refractivity contribution in [3.05, 3.63) is 60.4 Å². The number of para-hydroxylation sites is 1. The van der Waals surface area contributed by atoms with E-state index in [4.69, 9.17) is 17.0 Å². The van der Waals surface area contributed by atoms with Gasteiger partial charge in [-0.15, -0.1) is 5.10 Å². The van der Waals surface area contributed by atoms with Gasteiger partial charge in [-0.3, -0.25) is 0 Å². The van der Waals surface area contributed by atoms with Gasteiger partial charge in [0.2, 0.25) is 0 Å². The molecule has 0 spiro atoms. The summed E-state index contributed by atoms with van der Waals surface area (Å²) < 4.78 is 8.92.